The van der Waals surface area contributed by atoms with Crippen LogP contribution in [0, 0.1) is 5.82 Å². The Balaban J connectivity index is 1.60. The van der Waals surface area contributed by atoms with Gasteiger partial charge in [-0.1, -0.05) is 0 Å². The average Bonchev–Trinajstić information content (AvgIpc) is 3.04. The molecule has 1 aromatic carbocycles. The van der Waals surface area contributed by atoms with Gasteiger partial charge in [-0.15, -0.1) is 10.2 Å². The lowest BCUT2D eigenvalue weighted by molar-refractivity contribution is 0.0203. The molecule has 25 heavy (non-hydrogen) atoms. The van der Waals surface area contributed by atoms with E-state index in [1.165, 1.54) is 12.1 Å². The van der Waals surface area contributed by atoms with Crippen molar-refractivity contribution < 1.29 is 13.9 Å². The molecule has 0 bridgehead atoms. The van der Waals surface area contributed by atoms with Crippen LogP contribution in [-0.2, 0) is 4.74 Å². The molecule has 7 heteroatoms. The van der Waals surface area contributed by atoms with Crippen molar-refractivity contribution in [1.82, 2.24) is 20.1 Å². The van der Waals surface area contributed by atoms with Gasteiger partial charge in [0.25, 0.3) is 0 Å². The Hall–Kier alpha value is -2.44. The van der Waals surface area contributed by atoms with Gasteiger partial charge >= 0.3 is 6.09 Å². The number of aromatic amines is 1. The summed E-state index contributed by atoms with van der Waals surface area (Å²) in [7, 11) is 0. The van der Waals surface area contributed by atoms with E-state index in [0.717, 1.165) is 24.2 Å². The smallest absolute Gasteiger partial charge is 0.410 e. The summed E-state index contributed by atoms with van der Waals surface area (Å²) in [6.07, 6.45) is 1.34. The molecule has 0 aliphatic carbocycles. The fourth-order valence-electron chi connectivity index (χ4n) is 2.86. The Bertz CT molecular complexity index is 728. The summed E-state index contributed by atoms with van der Waals surface area (Å²) >= 11 is 0. The van der Waals surface area contributed by atoms with Gasteiger partial charge in [0.05, 0.1) is 0 Å². The number of nitrogens with one attached hydrogen (secondary N) is 1. The topological polar surface area (TPSA) is 71.1 Å². The minimum absolute atomic E-state index is 0.223. The zero-order chi connectivity index (χ0) is 18.0. The first-order valence-corrected chi connectivity index (χ1v) is 8.48. The highest BCUT2D eigenvalue weighted by Gasteiger charge is 2.29. The number of aromatic nitrogens is 3. The van der Waals surface area contributed by atoms with Crippen molar-refractivity contribution >= 4 is 6.09 Å². The first-order chi connectivity index (χ1) is 11.8. The average molecular weight is 346 g/mol. The number of nitrogens with zero attached hydrogens (tertiary/aromatic N) is 3. The third-order valence-electron chi connectivity index (χ3n) is 4.16. The maximum atomic E-state index is 13.0. The van der Waals surface area contributed by atoms with Gasteiger partial charge in [0.15, 0.2) is 5.82 Å². The van der Waals surface area contributed by atoms with Crippen molar-refractivity contribution in [3.05, 3.63) is 35.9 Å². The maximum Gasteiger partial charge on any atom is 0.410 e. The minimum Gasteiger partial charge on any atom is -0.444 e. The van der Waals surface area contributed by atoms with Crippen LogP contribution in [-0.4, -0.2) is 44.9 Å². The number of amides is 1. The number of H-pyrrole nitrogens is 1. The molecule has 1 fully saturated rings. The molecule has 1 amide bonds. The van der Waals surface area contributed by atoms with Crippen LogP contribution in [0.1, 0.15) is 45.4 Å². The standard InChI is InChI=1S/C18H23FN4O2/c1-18(2,3)25-17(24)23-10-8-13(9-11-23)16-20-15(21-22-16)12-4-6-14(19)7-5-12/h4-7,13H,8-11H2,1-3H3,(H,20,21,22). The first-order valence-electron chi connectivity index (χ1n) is 8.48. The first kappa shape index (κ1) is 17.4. The summed E-state index contributed by atoms with van der Waals surface area (Å²) < 4.78 is 18.4. The molecule has 1 aliphatic heterocycles. The van der Waals surface area contributed by atoms with Gasteiger partial charge in [0.1, 0.15) is 17.2 Å². The zero-order valence-electron chi connectivity index (χ0n) is 14.8. The fraction of sp³-hybridized carbons (Fsp3) is 0.500. The Morgan fingerprint density at radius 1 is 1.20 bits per heavy atom. The third-order valence-corrected chi connectivity index (χ3v) is 4.16. The second-order valence-electron chi connectivity index (χ2n) is 7.31. The van der Waals surface area contributed by atoms with E-state index < -0.39 is 5.60 Å². The zero-order valence-corrected chi connectivity index (χ0v) is 14.8. The molecule has 2 heterocycles. The number of carbonyl (C=O) groups excluding carboxylic acids is 1. The van der Waals surface area contributed by atoms with Crippen LogP contribution in [0.5, 0.6) is 0 Å². The van der Waals surface area contributed by atoms with Gasteiger partial charge in [-0.05, 0) is 57.9 Å². The number of hydrogen-bond donors (Lipinski definition) is 1. The number of halogens is 1. The summed E-state index contributed by atoms with van der Waals surface area (Å²) in [5, 5.41) is 8.39. The van der Waals surface area contributed by atoms with Crippen molar-refractivity contribution in [2.75, 3.05) is 13.1 Å². The van der Waals surface area contributed by atoms with Gasteiger partial charge in [-0.2, -0.15) is 0 Å². The molecule has 1 aliphatic rings. The van der Waals surface area contributed by atoms with E-state index in [2.05, 4.69) is 15.2 Å². The van der Waals surface area contributed by atoms with Crippen molar-refractivity contribution in [3.63, 3.8) is 0 Å². The SMILES string of the molecule is CC(C)(C)OC(=O)N1CCC(c2nnc(-c3ccc(F)cc3)[nH]2)CC1. The van der Waals surface area contributed by atoms with Crippen molar-refractivity contribution in [2.24, 2.45) is 0 Å². The lowest BCUT2D eigenvalue weighted by Gasteiger charge is -2.32. The fourth-order valence-corrected chi connectivity index (χ4v) is 2.86. The van der Waals surface area contributed by atoms with Crippen LogP contribution in [0.15, 0.2) is 24.3 Å². The summed E-state index contributed by atoms with van der Waals surface area (Å²) in [5.41, 5.74) is 0.314. The molecule has 6 nitrogen and oxygen atoms in total. The largest absolute Gasteiger partial charge is 0.444 e. The molecule has 1 saturated heterocycles. The molecule has 0 unspecified atom stereocenters. The molecular weight excluding hydrogens is 323 g/mol. The molecule has 0 saturated carbocycles. The van der Waals surface area contributed by atoms with Crippen LogP contribution in [0.2, 0.25) is 0 Å². The number of rotatable bonds is 2. The Kier molecular flexibility index (Phi) is 4.74. The number of piperidine rings is 1. The molecule has 2 aromatic rings. The van der Waals surface area contributed by atoms with Gasteiger partial charge < -0.3 is 14.6 Å². The summed E-state index contributed by atoms with van der Waals surface area (Å²) in [6.45, 7) is 6.85. The molecule has 1 N–H and O–H groups in total. The molecule has 0 spiro atoms. The summed E-state index contributed by atoms with van der Waals surface area (Å²) in [4.78, 5) is 17.1. The highest BCUT2D eigenvalue weighted by Crippen LogP contribution is 2.27. The van der Waals surface area contributed by atoms with E-state index in [1.54, 1.807) is 17.0 Å². The normalized spacial score (nSPS) is 16.1. The van der Waals surface area contributed by atoms with Gasteiger partial charge in [-0.25, -0.2) is 9.18 Å². The molecule has 0 radical (unpaired) electrons. The van der Waals surface area contributed by atoms with Crippen LogP contribution in [0.3, 0.4) is 0 Å². The molecule has 0 atom stereocenters. The Morgan fingerprint density at radius 3 is 2.44 bits per heavy atom. The molecule has 134 valence electrons. The third kappa shape index (κ3) is 4.35. The van der Waals surface area contributed by atoms with Crippen molar-refractivity contribution in [3.8, 4) is 11.4 Å². The number of benzene rings is 1. The monoisotopic (exact) mass is 346 g/mol. The lowest BCUT2D eigenvalue weighted by Crippen LogP contribution is -2.41. The van der Waals surface area contributed by atoms with Crippen molar-refractivity contribution in [1.29, 1.82) is 0 Å². The molecule has 1 aromatic heterocycles. The Labute approximate surface area is 146 Å². The van der Waals surface area contributed by atoms with Crippen LogP contribution >= 0.6 is 0 Å². The lowest BCUT2D eigenvalue weighted by atomic mass is 9.96. The predicted molar refractivity (Wildman–Crippen MR) is 91.6 cm³/mol. The van der Waals surface area contributed by atoms with Crippen LogP contribution in [0.25, 0.3) is 11.4 Å². The van der Waals surface area contributed by atoms with E-state index in [9.17, 15) is 9.18 Å². The summed E-state index contributed by atoms with van der Waals surface area (Å²) in [6, 6.07) is 6.14. The van der Waals surface area contributed by atoms with E-state index >= 15 is 0 Å². The van der Waals surface area contributed by atoms with Gasteiger partial charge in [0.2, 0.25) is 0 Å². The van der Waals surface area contributed by atoms with Crippen molar-refractivity contribution in [2.45, 2.75) is 45.1 Å². The van der Waals surface area contributed by atoms with E-state index in [4.69, 9.17) is 4.74 Å². The second-order valence-corrected chi connectivity index (χ2v) is 7.31. The quantitative estimate of drug-likeness (QED) is 0.899. The van der Waals surface area contributed by atoms with E-state index in [1.807, 2.05) is 20.8 Å². The van der Waals surface area contributed by atoms with Crippen LogP contribution in [0.4, 0.5) is 9.18 Å². The van der Waals surface area contributed by atoms with Crippen LogP contribution < -0.4 is 0 Å². The van der Waals surface area contributed by atoms with Gasteiger partial charge in [0, 0.05) is 24.6 Å². The van der Waals surface area contributed by atoms with Gasteiger partial charge in [-0.3, -0.25) is 0 Å². The summed E-state index contributed by atoms with van der Waals surface area (Å²) in [5.74, 6) is 1.38. The highest BCUT2D eigenvalue weighted by molar-refractivity contribution is 5.68. The number of ether oxygens (including phenoxy) is 1. The Morgan fingerprint density at radius 2 is 1.84 bits per heavy atom. The molecule has 3 rings (SSSR count). The number of carbonyl (C=O) groups is 1. The van der Waals surface area contributed by atoms with E-state index in [0.29, 0.717) is 18.9 Å². The predicted octanol–water partition coefficient (Wildman–Crippen LogP) is 3.73. The highest BCUT2D eigenvalue weighted by atomic mass is 19.1. The minimum atomic E-state index is -0.483. The second kappa shape index (κ2) is 6.82. The number of hydrogen-bond acceptors (Lipinski definition) is 4. The van der Waals surface area contributed by atoms with E-state index in [-0.39, 0.29) is 17.8 Å². The number of likely N-dealkylation sites (tertiary alicyclic amines) is 1. The maximum absolute atomic E-state index is 13.0. The molecular formula is C18H23FN4O2.